The van der Waals surface area contributed by atoms with Gasteiger partial charge < -0.3 is 9.47 Å². The molecule has 0 saturated carbocycles. The fourth-order valence-corrected chi connectivity index (χ4v) is 4.40. The molecule has 0 aliphatic heterocycles. The van der Waals surface area contributed by atoms with E-state index in [9.17, 15) is 9.59 Å². The summed E-state index contributed by atoms with van der Waals surface area (Å²) < 4.78 is 11.3. The predicted octanol–water partition coefficient (Wildman–Crippen LogP) is 9.50. The summed E-state index contributed by atoms with van der Waals surface area (Å²) in [4.78, 5) is 26.1. The SMILES string of the molecule is CCCCCCCCOC(=O)/C(CCCCCCCC)=C(\C(=O)OCCCCCCCC)C(C)C. The summed E-state index contributed by atoms with van der Waals surface area (Å²) in [6.45, 7) is 11.5. The van der Waals surface area contributed by atoms with Crippen molar-refractivity contribution in [3.05, 3.63) is 11.1 Å². The van der Waals surface area contributed by atoms with Crippen LogP contribution in [0.3, 0.4) is 0 Å². The first-order valence-corrected chi connectivity index (χ1v) is 15.1. The molecule has 0 fully saturated rings. The maximum Gasteiger partial charge on any atom is 0.334 e. The van der Waals surface area contributed by atoms with Gasteiger partial charge in [-0.1, -0.05) is 131 Å². The average molecular weight is 495 g/mol. The summed E-state index contributed by atoms with van der Waals surface area (Å²) in [5.41, 5.74) is 1.08. The summed E-state index contributed by atoms with van der Waals surface area (Å²) in [5.74, 6) is -0.706. The molecule has 0 aromatic heterocycles. The Bertz CT molecular complexity index is 550. The highest BCUT2D eigenvalue weighted by atomic mass is 16.5. The topological polar surface area (TPSA) is 52.6 Å². The lowest BCUT2D eigenvalue weighted by molar-refractivity contribution is -0.143. The van der Waals surface area contributed by atoms with E-state index in [-0.39, 0.29) is 17.9 Å². The number of rotatable bonds is 24. The van der Waals surface area contributed by atoms with Gasteiger partial charge in [-0.2, -0.15) is 0 Å². The molecule has 0 spiro atoms. The van der Waals surface area contributed by atoms with Gasteiger partial charge in [0.25, 0.3) is 0 Å². The Balaban J connectivity index is 4.99. The van der Waals surface area contributed by atoms with Crippen LogP contribution < -0.4 is 0 Å². The van der Waals surface area contributed by atoms with Gasteiger partial charge in [-0.05, 0) is 31.6 Å². The van der Waals surface area contributed by atoms with E-state index in [1.807, 2.05) is 13.8 Å². The molecule has 0 aromatic carbocycles. The van der Waals surface area contributed by atoms with Crippen LogP contribution in [0, 0.1) is 5.92 Å². The summed E-state index contributed by atoms with van der Waals surface area (Å²) in [6.07, 6.45) is 21.3. The summed E-state index contributed by atoms with van der Waals surface area (Å²) >= 11 is 0. The van der Waals surface area contributed by atoms with E-state index in [1.54, 1.807) is 0 Å². The lowest BCUT2D eigenvalue weighted by Gasteiger charge is -2.17. The normalized spacial score (nSPS) is 12.1. The standard InChI is InChI=1S/C31H58O4/c1-6-9-12-15-18-21-24-28(30(32)34-25-22-19-16-13-10-7-2)29(27(4)5)31(33)35-26-23-20-17-14-11-8-3/h27H,6-26H2,1-5H3/b29-28-. The molecule has 0 heterocycles. The Morgan fingerprint density at radius 1 is 0.514 bits per heavy atom. The zero-order valence-corrected chi connectivity index (χ0v) is 24.1. The van der Waals surface area contributed by atoms with Crippen LogP contribution in [0.25, 0.3) is 0 Å². The van der Waals surface area contributed by atoms with Crippen molar-refractivity contribution in [3.63, 3.8) is 0 Å². The van der Waals surface area contributed by atoms with E-state index in [4.69, 9.17) is 9.47 Å². The van der Waals surface area contributed by atoms with E-state index < -0.39 is 0 Å². The maximum atomic E-state index is 13.1. The molecule has 0 bridgehead atoms. The Morgan fingerprint density at radius 2 is 0.886 bits per heavy atom. The second kappa shape index (κ2) is 24.4. The molecule has 0 aliphatic rings. The van der Waals surface area contributed by atoms with Crippen LogP contribution in [0.5, 0.6) is 0 Å². The molecular formula is C31H58O4. The zero-order chi connectivity index (χ0) is 26.2. The van der Waals surface area contributed by atoms with E-state index >= 15 is 0 Å². The van der Waals surface area contributed by atoms with E-state index in [0.29, 0.717) is 30.8 Å². The number of hydrogen-bond donors (Lipinski definition) is 0. The van der Waals surface area contributed by atoms with E-state index in [2.05, 4.69) is 20.8 Å². The Hall–Kier alpha value is -1.32. The fourth-order valence-electron chi connectivity index (χ4n) is 4.40. The first-order valence-electron chi connectivity index (χ1n) is 15.1. The molecule has 0 aliphatic carbocycles. The third-order valence-corrected chi connectivity index (χ3v) is 6.61. The van der Waals surface area contributed by atoms with Crippen molar-refractivity contribution >= 4 is 11.9 Å². The smallest absolute Gasteiger partial charge is 0.334 e. The van der Waals surface area contributed by atoms with Gasteiger partial charge in [-0.15, -0.1) is 0 Å². The van der Waals surface area contributed by atoms with Crippen molar-refractivity contribution in [2.75, 3.05) is 13.2 Å². The molecule has 0 saturated heterocycles. The lowest BCUT2D eigenvalue weighted by atomic mass is 9.93. The van der Waals surface area contributed by atoms with Gasteiger partial charge in [0.2, 0.25) is 0 Å². The molecule has 4 heteroatoms. The minimum atomic E-state index is -0.328. The van der Waals surface area contributed by atoms with Crippen molar-refractivity contribution in [1.82, 2.24) is 0 Å². The van der Waals surface area contributed by atoms with Crippen LogP contribution in [-0.4, -0.2) is 25.2 Å². The molecule has 0 aromatic rings. The third-order valence-electron chi connectivity index (χ3n) is 6.61. The number of esters is 2. The fraction of sp³-hybridized carbons (Fsp3) is 0.871. The minimum Gasteiger partial charge on any atom is -0.462 e. The number of carbonyl (C=O) groups is 2. The van der Waals surface area contributed by atoms with Crippen LogP contribution in [0.15, 0.2) is 11.1 Å². The molecule has 206 valence electrons. The lowest BCUT2D eigenvalue weighted by Crippen LogP contribution is -2.21. The molecule has 35 heavy (non-hydrogen) atoms. The highest BCUT2D eigenvalue weighted by Crippen LogP contribution is 2.24. The molecule has 0 N–H and O–H groups in total. The van der Waals surface area contributed by atoms with Crippen LogP contribution in [-0.2, 0) is 19.1 Å². The molecule has 0 atom stereocenters. The third kappa shape index (κ3) is 18.6. The monoisotopic (exact) mass is 494 g/mol. The minimum absolute atomic E-state index is 0.0660. The molecule has 0 rings (SSSR count). The first kappa shape index (κ1) is 33.7. The van der Waals surface area contributed by atoms with Gasteiger partial charge in [0.05, 0.1) is 18.8 Å². The largest absolute Gasteiger partial charge is 0.462 e. The van der Waals surface area contributed by atoms with Gasteiger partial charge in [0.1, 0.15) is 0 Å². The van der Waals surface area contributed by atoms with Gasteiger partial charge >= 0.3 is 11.9 Å². The summed E-state index contributed by atoms with van der Waals surface area (Å²) in [5, 5.41) is 0. The maximum absolute atomic E-state index is 13.1. The van der Waals surface area contributed by atoms with Gasteiger partial charge in [-0.25, -0.2) is 9.59 Å². The Morgan fingerprint density at radius 3 is 1.31 bits per heavy atom. The zero-order valence-electron chi connectivity index (χ0n) is 24.1. The van der Waals surface area contributed by atoms with E-state index in [0.717, 1.165) is 38.5 Å². The van der Waals surface area contributed by atoms with Gasteiger partial charge in [-0.3, -0.25) is 0 Å². The number of ether oxygens (including phenoxy) is 2. The van der Waals surface area contributed by atoms with Crippen LogP contribution in [0.4, 0.5) is 0 Å². The number of hydrogen-bond acceptors (Lipinski definition) is 4. The second-order valence-electron chi connectivity index (χ2n) is 10.4. The van der Waals surface area contributed by atoms with Crippen molar-refractivity contribution in [3.8, 4) is 0 Å². The van der Waals surface area contributed by atoms with Crippen molar-refractivity contribution in [2.24, 2.45) is 5.92 Å². The highest BCUT2D eigenvalue weighted by Gasteiger charge is 2.25. The van der Waals surface area contributed by atoms with Gasteiger partial charge in [0.15, 0.2) is 0 Å². The average Bonchev–Trinajstić information content (AvgIpc) is 2.83. The molecule has 0 amide bonds. The quantitative estimate of drug-likeness (QED) is 0.0761. The second-order valence-corrected chi connectivity index (χ2v) is 10.4. The first-order chi connectivity index (χ1) is 17.0. The highest BCUT2D eigenvalue weighted by molar-refractivity contribution is 6.00. The van der Waals surface area contributed by atoms with Gasteiger partial charge in [0, 0.05) is 5.57 Å². The van der Waals surface area contributed by atoms with Crippen LogP contribution in [0.1, 0.15) is 157 Å². The van der Waals surface area contributed by atoms with Crippen molar-refractivity contribution in [2.45, 2.75) is 157 Å². The number of carbonyl (C=O) groups excluding carboxylic acids is 2. The summed E-state index contributed by atoms with van der Waals surface area (Å²) in [6, 6.07) is 0. The Kier molecular flexibility index (Phi) is 23.5. The van der Waals surface area contributed by atoms with Crippen molar-refractivity contribution < 1.29 is 19.1 Å². The summed E-state index contributed by atoms with van der Waals surface area (Å²) in [7, 11) is 0. The molecule has 0 unspecified atom stereocenters. The number of unbranched alkanes of at least 4 members (excludes halogenated alkanes) is 15. The Labute approximate surface area is 218 Å². The molecule has 4 nitrogen and oxygen atoms in total. The molecule has 0 radical (unpaired) electrons. The predicted molar refractivity (Wildman–Crippen MR) is 149 cm³/mol. The van der Waals surface area contributed by atoms with E-state index in [1.165, 1.54) is 77.0 Å². The molecular weight excluding hydrogens is 436 g/mol. The van der Waals surface area contributed by atoms with Crippen LogP contribution in [0.2, 0.25) is 0 Å². The van der Waals surface area contributed by atoms with Crippen LogP contribution >= 0.6 is 0 Å². The van der Waals surface area contributed by atoms with Crippen molar-refractivity contribution in [1.29, 1.82) is 0 Å².